The van der Waals surface area contributed by atoms with Crippen LogP contribution in [-0.4, -0.2) is 53.5 Å². The summed E-state index contributed by atoms with van der Waals surface area (Å²) in [5.74, 6) is 0.223. The minimum Gasteiger partial charge on any atom is -0.389 e. The van der Waals surface area contributed by atoms with E-state index in [1.54, 1.807) is 6.92 Å². The molecule has 0 radical (unpaired) electrons. The van der Waals surface area contributed by atoms with Crippen molar-refractivity contribution in [1.82, 2.24) is 9.80 Å². The molecule has 1 aliphatic rings. The van der Waals surface area contributed by atoms with Crippen LogP contribution in [0.3, 0.4) is 0 Å². The zero-order valence-electron chi connectivity index (χ0n) is 13.4. The summed E-state index contributed by atoms with van der Waals surface area (Å²) in [4.78, 5) is 16.6. The first-order chi connectivity index (χ1) is 10.6. The molecule has 4 nitrogen and oxygen atoms in total. The predicted octanol–water partition coefficient (Wildman–Crippen LogP) is 2.00. The van der Waals surface area contributed by atoms with Gasteiger partial charge in [-0.3, -0.25) is 9.69 Å². The Hall–Kier alpha value is -1.65. The summed E-state index contributed by atoms with van der Waals surface area (Å²) in [5.41, 5.74) is 2.01. The molecule has 1 fully saturated rings. The lowest BCUT2D eigenvalue weighted by Gasteiger charge is -2.34. The third-order valence-corrected chi connectivity index (χ3v) is 4.17. The van der Waals surface area contributed by atoms with E-state index in [2.05, 4.69) is 11.5 Å². The van der Waals surface area contributed by atoms with Gasteiger partial charge in [0.1, 0.15) is 0 Å². The molecule has 0 aromatic heterocycles. The summed E-state index contributed by atoms with van der Waals surface area (Å²) in [6.45, 7) is 9.87. The second-order valence-corrected chi connectivity index (χ2v) is 5.89. The fourth-order valence-corrected chi connectivity index (χ4v) is 2.78. The molecular formula is C18H26N2O2. The quantitative estimate of drug-likeness (QED) is 0.818. The van der Waals surface area contributed by atoms with E-state index >= 15 is 0 Å². The van der Waals surface area contributed by atoms with E-state index in [4.69, 9.17) is 0 Å². The van der Waals surface area contributed by atoms with E-state index in [1.807, 2.05) is 35.2 Å². The fraction of sp³-hybridized carbons (Fsp3) is 0.500. The Morgan fingerprint density at radius 1 is 1.36 bits per heavy atom. The van der Waals surface area contributed by atoms with E-state index < -0.39 is 6.10 Å². The molecule has 1 aromatic rings. The molecule has 0 saturated carbocycles. The molecule has 1 heterocycles. The molecule has 0 aliphatic carbocycles. The van der Waals surface area contributed by atoms with E-state index in [9.17, 15) is 9.90 Å². The van der Waals surface area contributed by atoms with Gasteiger partial charge in [0.2, 0.25) is 5.91 Å². The van der Waals surface area contributed by atoms with Crippen LogP contribution in [0.2, 0.25) is 0 Å². The van der Waals surface area contributed by atoms with Gasteiger partial charge in [-0.25, -0.2) is 0 Å². The van der Waals surface area contributed by atoms with Crippen molar-refractivity contribution in [2.24, 2.45) is 0 Å². The zero-order valence-corrected chi connectivity index (χ0v) is 13.4. The van der Waals surface area contributed by atoms with Gasteiger partial charge in [0, 0.05) is 39.1 Å². The van der Waals surface area contributed by atoms with Gasteiger partial charge in [0.05, 0.1) is 6.10 Å². The van der Waals surface area contributed by atoms with Crippen LogP contribution in [0.15, 0.2) is 36.9 Å². The van der Waals surface area contributed by atoms with Crippen molar-refractivity contribution >= 4 is 5.91 Å². The number of carbonyl (C=O) groups is 1. The molecule has 1 amide bonds. The van der Waals surface area contributed by atoms with Crippen LogP contribution in [0.4, 0.5) is 0 Å². The SMILES string of the molecule is C=CCN1CCN(C(=O)CCc2cccc(C(C)O)c2)CC1. The number of nitrogens with zero attached hydrogens (tertiary/aromatic N) is 2. The maximum atomic E-state index is 12.3. The number of carbonyl (C=O) groups excluding carboxylic acids is 1. The van der Waals surface area contributed by atoms with Crippen LogP contribution in [0, 0.1) is 0 Å². The minimum atomic E-state index is -0.464. The summed E-state index contributed by atoms with van der Waals surface area (Å²) in [7, 11) is 0. The van der Waals surface area contributed by atoms with Crippen LogP contribution in [0.5, 0.6) is 0 Å². The zero-order chi connectivity index (χ0) is 15.9. The normalized spacial score (nSPS) is 17.3. The number of amides is 1. The van der Waals surface area contributed by atoms with Gasteiger partial charge in [-0.1, -0.05) is 30.3 Å². The maximum absolute atomic E-state index is 12.3. The highest BCUT2D eigenvalue weighted by atomic mass is 16.3. The van der Waals surface area contributed by atoms with Gasteiger partial charge < -0.3 is 10.0 Å². The number of hydrogen-bond acceptors (Lipinski definition) is 3. The number of hydrogen-bond donors (Lipinski definition) is 1. The first-order valence-electron chi connectivity index (χ1n) is 7.98. The Balaban J connectivity index is 1.81. The molecule has 1 saturated heterocycles. The van der Waals surface area contributed by atoms with Crippen molar-refractivity contribution < 1.29 is 9.90 Å². The molecule has 1 aromatic carbocycles. The van der Waals surface area contributed by atoms with E-state index in [1.165, 1.54) is 0 Å². The summed E-state index contributed by atoms with van der Waals surface area (Å²) in [5, 5.41) is 9.61. The first-order valence-corrected chi connectivity index (χ1v) is 7.98. The number of aryl methyl sites for hydroxylation is 1. The molecule has 1 N–H and O–H groups in total. The molecule has 22 heavy (non-hydrogen) atoms. The lowest BCUT2D eigenvalue weighted by molar-refractivity contribution is -0.132. The van der Waals surface area contributed by atoms with E-state index in [0.29, 0.717) is 6.42 Å². The highest BCUT2D eigenvalue weighted by molar-refractivity contribution is 5.76. The number of benzene rings is 1. The number of piperazine rings is 1. The van der Waals surface area contributed by atoms with Gasteiger partial charge in [-0.2, -0.15) is 0 Å². The van der Waals surface area contributed by atoms with Gasteiger partial charge in [-0.05, 0) is 24.5 Å². The first kappa shape index (κ1) is 16.7. The van der Waals surface area contributed by atoms with Crippen LogP contribution in [0.1, 0.15) is 30.6 Å². The lowest BCUT2D eigenvalue weighted by atomic mass is 10.0. The third kappa shape index (κ3) is 4.68. The average Bonchev–Trinajstić information content (AvgIpc) is 2.54. The third-order valence-electron chi connectivity index (χ3n) is 4.17. The standard InChI is InChI=1S/C18H26N2O2/c1-3-9-19-10-12-20(13-11-19)18(22)8-7-16-5-4-6-17(14-16)15(2)21/h3-6,14-15,21H,1,7-13H2,2H3. The van der Waals surface area contributed by atoms with Crippen molar-refractivity contribution in [3.8, 4) is 0 Å². The summed E-state index contributed by atoms with van der Waals surface area (Å²) in [6, 6.07) is 7.85. The minimum absolute atomic E-state index is 0.223. The molecule has 0 bridgehead atoms. The molecule has 0 spiro atoms. The van der Waals surface area contributed by atoms with Gasteiger partial charge in [-0.15, -0.1) is 6.58 Å². The van der Waals surface area contributed by atoms with Crippen molar-refractivity contribution in [3.05, 3.63) is 48.0 Å². The van der Waals surface area contributed by atoms with Crippen molar-refractivity contribution in [2.45, 2.75) is 25.9 Å². The highest BCUT2D eigenvalue weighted by Gasteiger charge is 2.19. The summed E-state index contributed by atoms with van der Waals surface area (Å²) < 4.78 is 0. The number of rotatable bonds is 6. The Morgan fingerprint density at radius 2 is 2.09 bits per heavy atom. The predicted molar refractivity (Wildman–Crippen MR) is 88.6 cm³/mol. The second kappa shape index (κ2) is 8.11. The maximum Gasteiger partial charge on any atom is 0.222 e. The van der Waals surface area contributed by atoms with Crippen molar-refractivity contribution in [2.75, 3.05) is 32.7 Å². The molecule has 120 valence electrons. The Labute approximate surface area is 133 Å². The Kier molecular flexibility index (Phi) is 6.16. The summed E-state index contributed by atoms with van der Waals surface area (Å²) >= 11 is 0. The summed E-state index contributed by atoms with van der Waals surface area (Å²) in [6.07, 6.45) is 2.71. The molecule has 1 atom stereocenters. The van der Waals surface area contributed by atoms with Crippen molar-refractivity contribution in [1.29, 1.82) is 0 Å². The molecule has 1 aliphatic heterocycles. The van der Waals surface area contributed by atoms with Gasteiger partial charge in [0.15, 0.2) is 0 Å². The van der Waals surface area contributed by atoms with Gasteiger partial charge in [0.25, 0.3) is 0 Å². The molecule has 4 heteroatoms. The average molecular weight is 302 g/mol. The largest absolute Gasteiger partial charge is 0.389 e. The van der Waals surface area contributed by atoms with Crippen LogP contribution >= 0.6 is 0 Å². The van der Waals surface area contributed by atoms with Crippen molar-refractivity contribution in [3.63, 3.8) is 0 Å². The smallest absolute Gasteiger partial charge is 0.222 e. The number of aliphatic hydroxyl groups is 1. The molecular weight excluding hydrogens is 276 g/mol. The fourth-order valence-electron chi connectivity index (χ4n) is 2.78. The monoisotopic (exact) mass is 302 g/mol. The topological polar surface area (TPSA) is 43.8 Å². The van der Waals surface area contributed by atoms with E-state index in [-0.39, 0.29) is 5.91 Å². The molecule has 1 unspecified atom stereocenters. The Bertz CT molecular complexity index is 506. The second-order valence-electron chi connectivity index (χ2n) is 5.89. The van der Waals surface area contributed by atoms with Crippen LogP contribution in [-0.2, 0) is 11.2 Å². The van der Waals surface area contributed by atoms with Crippen LogP contribution < -0.4 is 0 Å². The van der Waals surface area contributed by atoms with Crippen LogP contribution in [0.25, 0.3) is 0 Å². The highest BCUT2D eigenvalue weighted by Crippen LogP contribution is 2.15. The van der Waals surface area contributed by atoms with Gasteiger partial charge >= 0.3 is 0 Å². The number of aliphatic hydroxyl groups excluding tert-OH is 1. The van der Waals surface area contributed by atoms with E-state index in [0.717, 1.165) is 50.3 Å². The Morgan fingerprint density at radius 3 is 2.73 bits per heavy atom. The lowest BCUT2D eigenvalue weighted by Crippen LogP contribution is -2.48. The molecule has 2 rings (SSSR count).